The van der Waals surface area contributed by atoms with Crippen molar-refractivity contribution in [2.45, 2.75) is 0 Å². The Bertz CT molecular complexity index is 870. The van der Waals surface area contributed by atoms with E-state index in [1.165, 1.54) is 11.3 Å². The third-order valence-electron chi connectivity index (χ3n) is 3.07. The number of thiazole rings is 1. The van der Waals surface area contributed by atoms with E-state index in [0.717, 1.165) is 20.8 Å². The molecule has 0 amide bonds. The Morgan fingerprint density at radius 1 is 1.19 bits per heavy atom. The van der Waals surface area contributed by atoms with Crippen LogP contribution < -0.4 is 0 Å². The van der Waals surface area contributed by atoms with Crippen LogP contribution in [-0.4, -0.2) is 16.1 Å². The van der Waals surface area contributed by atoms with Crippen molar-refractivity contribution in [2.75, 3.05) is 0 Å². The average Bonchev–Trinajstić information content (AvgIpc) is 2.89. The number of benzene rings is 2. The van der Waals surface area contributed by atoms with Gasteiger partial charge in [-0.05, 0) is 35.9 Å². The van der Waals surface area contributed by atoms with Gasteiger partial charge in [-0.25, -0.2) is 9.78 Å². The van der Waals surface area contributed by atoms with Crippen molar-refractivity contribution in [3.8, 4) is 0 Å². The van der Waals surface area contributed by atoms with E-state index >= 15 is 0 Å². The number of rotatable bonds is 3. The topological polar surface area (TPSA) is 50.2 Å². The molecule has 1 aromatic heterocycles. The smallest absolute Gasteiger partial charge is 0.335 e. The fraction of sp³-hybridized carbons (Fsp3) is 0. The number of halogens is 1. The molecular formula is C16H10ClNO2S. The van der Waals surface area contributed by atoms with Crippen LogP contribution in [0.3, 0.4) is 0 Å². The van der Waals surface area contributed by atoms with Crippen molar-refractivity contribution in [3.05, 3.63) is 70.2 Å². The predicted molar refractivity (Wildman–Crippen MR) is 86.2 cm³/mol. The van der Waals surface area contributed by atoms with Crippen LogP contribution in [0.5, 0.6) is 0 Å². The summed E-state index contributed by atoms with van der Waals surface area (Å²) in [5, 5.41) is 10.4. The quantitative estimate of drug-likeness (QED) is 0.761. The van der Waals surface area contributed by atoms with Gasteiger partial charge in [-0.1, -0.05) is 30.3 Å². The lowest BCUT2D eigenvalue weighted by atomic mass is 10.1. The second-order valence-corrected chi connectivity index (χ2v) is 5.96. The summed E-state index contributed by atoms with van der Waals surface area (Å²) in [5.41, 5.74) is 2.51. The summed E-state index contributed by atoms with van der Waals surface area (Å²) < 4.78 is 1.02. The highest BCUT2D eigenvalue weighted by Crippen LogP contribution is 2.31. The molecule has 104 valence electrons. The molecule has 0 aliphatic carbocycles. The molecule has 3 rings (SSSR count). The molecule has 0 radical (unpaired) electrons. The molecule has 0 atom stereocenters. The number of aromatic carboxylic acids is 1. The van der Waals surface area contributed by atoms with Crippen LogP contribution in [0.4, 0.5) is 0 Å². The molecule has 0 spiro atoms. The summed E-state index contributed by atoms with van der Waals surface area (Å²) in [6, 6.07) is 12.2. The summed E-state index contributed by atoms with van der Waals surface area (Å²) in [6.45, 7) is 4.04. The van der Waals surface area contributed by atoms with Gasteiger partial charge >= 0.3 is 5.97 Å². The number of carboxylic acid groups (broad SMARTS) is 1. The molecular weight excluding hydrogens is 306 g/mol. The number of fused-ring (bicyclic) bond motifs is 1. The first-order valence-electron chi connectivity index (χ1n) is 6.14. The maximum Gasteiger partial charge on any atom is 0.335 e. The van der Waals surface area contributed by atoms with E-state index in [-0.39, 0.29) is 5.56 Å². The summed E-state index contributed by atoms with van der Waals surface area (Å²) >= 11 is 7.46. The molecule has 0 fully saturated rings. The Morgan fingerprint density at radius 3 is 2.71 bits per heavy atom. The molecule has 0 unspecified atom stereocenters. The van der Waals surface area contributed by atoms with Gasteiger partial charge in [0.1, 0.15) is 5.01 Å². The van der Waals surface area contributed by atoms with Gasteiger partial charge in [0.05, 0.1) is 15.8 Å². The first-order chi connectivity index (χ1) is 10.0. The third kappa shape index (κ3) is 2.68. The monoisotopic (exact) mass is 315 g/mol. The highest BCUT2D eigenvalue weighted by molar-refractivity contribution is 7.19. The fourth-order valence-corrected chi connectivity index (χ4v) is 3.10. The lowest BCUT2D eigenvalue weighted by molar-refractivity contribution is 0.0697. The zero-order chi connectivity index (χ0) is 15.0. The zero-order valence-electron chi connectivity index (χ0n) is 10.8. The molecule has 3 nitrogen and oxygen atoms in total. The van der Waals surface area contributed by atoms with Crippen molar-refractivity contribution in [1.82, 2.24) is 4.98 Å². The minimum absolute atomic E-state index is 0.234. The first-order valence-corrected chi connectivity index (χ1v) is 7.33. The Kier molecular flexibility index (Phi) is 3.49. The molecule has 0 saturated carbocycles. The number of carboxylic acids is 1. The van der Waals surface area contributed by atoms with Crippen LogP contribution in [0.1, 0.15) is 20.9 Å². The summed E-state index contributed by atoms with van der Waals surface area (Å²) in [6.07, 6.45) is 0. The molecule has 21 heavy (non-hydrogen) atoms. The van der Waals surface area contributed by atoms with Gasteiger partial charge in [-0.2, -0.15) is 0 Å². The molecule has 1 heterocycles. The average molecular weight is 316 g/mol. The minimum Gasteiger partial charge on any atom is -0.478 e. The molecule has 1 N–H and O–H groups in total. The number of aromatic nitrogens is 1. The van der Waals surface area contributed by atoms with Gasteiger partial charge in [0.2, 0.25) is 0 Å². The molecule has 0 aliphatic rings. The second kappa shape index (κ2) is 5.31. The third-order valence-corrected chi connectivity index (χ3v) is 4.40. The minimum atomic E-state index is -0.958. The zero-order valence-corrected chi connectivity index (χ0v) is 12.4. The van der Waals surface area contributed by atoms with E-state index in [2.05, 4.69) is 11.6 Å². The van der Waals surface area contributed by atoms with Crippen LogP contribution in [-0.2, 0) is 0 Å². The first kappa shape index (κ1) is 13.8. The lowest BCUT2D eigenvalue weighted by Gasteiger charge is -2.03. The van der Waals surface area contributed by atoms with Gasteiger partial charge in [-0.3, -0.25) is 0 Å². The SMILES string of the molecule is C=C(c1cccc(C(=O)O)c1)c1nc2cc(Cl)ccc2s1. The number of hydrogen-bond acceptors (Lipinski definition) is 3. The molecule has 0 saturated heterocycles. The normalized spacial score (nSPS) is 10.7. The van der Waals surface area contributed by atoms with Crippen LogP contribution in [0, 0.1) is 0 Å². The summed E-state index contributed by atoms with van der Waals surface area (Å²) in [4.78, 5) is 15.5. The van der Waals surface area contributed by atoms with Crippen LogP contribution in [0.15, 0.2) is 49.0 Å². The van der Waals surface area contributed by atoms with Crippen molar-refractivity contribution in [2.24, 2.45) is 0 Å². The highest BCUT2D eigenvalue weighted by Gasteiger charge is 2.11. The van der Waals surface area contributed by atoms with E-state index in [1.54, 1.807) is 24.3 Å². The molecule has 0 aliphatic heterocycles. The largest absolute Gasteiger partial charge is 0.478 e. The summed E-state index contributed by atoms with van der Waals surface area (Å²) in [7, 11) is 0. The van der Waals surface area contributed by atoms with Crippen molar-refractivity contribution < 1.29 is 9.90 Å². The molecule has 2 aromatic carbocycles. The maximum atomic E-state index is 11.0. The Morgan fingerprint density at radius 2 is 1.95 bits per heavy atom. The van der Waals surface area contributed by atoms with Crippen molar-refractivity contribution in [1.29, 1.82) is 0 Å². The van der Waals surface area contributed by atoms with Gasteiger partial charge in [-0.15, -0.1) is 11.3 Å². The number of nitrogens with zero attached hydrogens (tertiary/aromatic N) is 1. The molecule has 0 bridgehead atoms. The van der Waals surface area contributed by atoms with Crippen molar-refractivity contribution >= 4 is 44.7 Å². The van der Waals surface area contributed by atoms with E-state index in [9.17, 15) is 4.79 Å². The number of carbonyl (C=O) groups is 1. The molecule has 5 heteroatoms. The van der Waals surface area contributed by atoms with E-state index in [1.807, 2.05) is 18.2 Å². The Hall–Kier alpha value is -2.17. The Labute approximate surface area is 130 Å². The van der Waals surface area contributed by atoms with Crippen LogP contribution in [0.25, 0.3) is 15.8 Å². The second-order valence-electron chi connectivity index (χ2n) is 4.50. The van der Waals surface area contributed by atoms with Crippen LogP contribution >= 0.6 is 22.9 Å². The summed E-state index contributed by atoms with van der Waals surface area (Å²) in [5.74, 6) is -0.958. The van der Waals surface area contributed by atoms with Crippen LogP contribution in [0.2, 0.25) is 5.02 Å². The lowest BCUT2D eigenvalue weighted by Crippen LogP contribution is -1.97. The maximum absolute atomic E-state index is 11.0. The van der Waals surface area contributed by atoms with E-state index in [4.69, 9.17) is 16.7 Å². The van der Waals surface area contributed by atoms with Gasteiger partial charge < -0.3 is 5.11 Å². The highest BCUT2D eigenvalue weighted by atomic mass is 35.5. The van der Waals surface area contributed by atoms with Gasteiger partial charge in [0.25, 0.3) is 0 Å². The Balaban J connectivity index is 2.03. The van der Waals surface area contributed by atoms with Crippen molar-refractivity contribution in [3.63, 3.8) is 0 Å². The molecule has 3 aromatic rings. The standard InChI is InChI=1S/C16H10ClNO2S/c1-9(10-3-2-4-11(7-10)16(19)20)15-18-13-8-12(17)5-6-14(13)21-15/h2-8H,1H2,(H,19,20). The van der Waals surface area contributed by atoms with E-state index < -0.39 is 5.97 Å². The predicted octanol–water partition coefficient (Wildman–Crippen LogP) is 4.71. The number of hydrogen-bond donors (Lipinski definition) is 1. The van der Waals surface area contributed by atoms with E-state index in [0.29, 0.717) is 10.6 Å². The fourth-order valence-electron chi connectivity index (χ4n) is 1.99. The van der Waals surface area contributed by atoms with Gasteiger partial charge in [0, 0.05) is 10.6 Å². The van der Waals surface area contributed by atoms with Gasteiger partial charge in [0.15, 0.2) is 0 Å².